The van der Waals surface area contributed by atoms with E-state index in [2.05, 4.69) is 6.07 Å². The minimum absolute atomic E-state index is 0.206. The van der Waals surface area contributed by atoms with Gasteiger partial charge in [0.2, 0.25) is 0 Å². The van der Waals surface area contributed by atoms with Gasteiger partial charge in [-0.3, -0.25) is 4.90 Å². The van der Waals surface area contributed by atoms with Crippen LogP contribution in [0.4, 0.5) is 4.79 Å². The first-order valence-corrected chi connectivity index (χ1v) is 9.39. The summed E-state index contributed by atoms with van der Waals surface area (Å²) in [4.78, 5) is 14.5. The molecule has 28 heavy (non-hydrogen) atoms. The van der Waals surface area contributed by atoms with Gasteiger partial charge in [0.25, 0.3) is 0 Å². The number of carbonyl (C=O) groups is 1. The molecule has 6 nitrogen and oxygen atoms in total. The molecule has 2 unspecified atom stereocenters. The molecule has 0 saturated carbocycles. The van der Waals surface area contributed by atoms with Crippen molar-refractivity contribution in [2.75, 3.05) is 13.2 Å². The summed E-state index contributed by atoms with van der Waals surface area (Å²) in [5.41, 5.74) is 0.839. The molecule has 2 aliphatic heterocycles. The lowest BCUT2D eigenvalue weighted by molar-refractivity contribution is -0.137. The van der Waals surface area contributed by atoms with E-state index in [1.165, 1.54) is 0 Å². The zero-order valence-electron chi connectivity index (χ0n) is 15.5. The maximum absolute atomic E-state index is 12.8. The Kier molecular flexibility index (Phi) is 5.03. The van der Waals surface area contributed by atoms with Crippen LogP contribution in [0.25, 0.3) is 0 Å². The van der Waals surface area contributed by atoms with Crippen molar-refractivity contribution >= 4 is 6.09 Å². The molecule has 1 N–H and O–H groups in total. The summed E-state index contributed by atoms with van der Waals surface area (Å²) >= 11 is 0. The van der Waals surface area contributed by atoms with E-state index in [-0.39, 0.29) is 18.7 Å². The quantitative estimate of drug-likeness (QED) is 0.888. The molecule has 2 aromatic carbocycles. The van der Waals surface area contributed by atoms with E-state index in [1.807, 2.05) is 36.4 Å². The van der Waals surface area contributed by atoms with Crippen molar-refractivity contribution < 1.29 is 19.4 Å². The summed E-state index contributed by atoms with van der Waals surface area (Å²) in [6, 6.07) is 18.2. The average molecular weight is 378 g/mol. The van der Waals surface area contributed by atoms with Crippen LogP contribution in [0.1, 0.15) is 29.5 Å². The number of hydrogen-bond acceptors (Lipinski definition) is 5. The van der Waals surface area contributed by atoms with Crippen LogP contribution in [0.15, 0.2) is 54.6 Å². The molecular weight excluding hydrogens is 356 g/mol. The molecule has 0 radical (unpaired) electrons. The Labute approximate surface area is 163 Å². The first kappa shape index (κ1) is 18.5. The zero-order chi connectivity index (χ0) is 19.6. The summed E-state index contributed by atoms with van der Waals surface area (Å²) < 4.78 is 11.2. The fourth-order valence-electron chi connectivity index (χ4n) is 4.27. The number of fused-ring (bicyclic) bond motifs is 2. The van der Waals surface area contributed by atoms with E-state index in [9.17, 15) is 15.2 Å². The van der Waals surface area contributed by atoms with Crippen molar-refractivity contribution in [2.45, 2.75) is 37.1 Å². The van der Waals surface area contributed by atoms with Gasteiger partial charge in [0.15, 0.2) is 0 Å². The smallest absolute Gasteiger partial charge is 0.410 e. The Morgan fingerprint density at radius 1 is 1.14 bits per heavy atom. The highest BCUT2D eigenvalue weighted by Gasteiger charge is 2.50. The number of ether oxygens (including phenoxy) is 2. The SMILES string of the molecule is N#Cc1ccccc1C1(O)CC2COCC(C1)N2C(=O)OCc1ccccc1. The van der Waals surface area contributed by atoms with E-state index in [4.69, 9.17) is 9.47 Å². The van der Waals surface area contributed by atoms with Crippen LogP contribution in [-0.4, -0.2) is 41.4 Å². The second-order valence-electron chi connectivity index (χ2n) is 7.39. The van der Waals surface area contributed by atoms with Crippen molar-refractivity contribution in [3.8, 4) is 6.07 Å². The van der Waals surface area contributed by atoms with Crippen LogP contribution in [0.2, 0.25) is 0 Å². The average Bonchev–Trinajstić information content (AvgIpc) is 2.72. The zero-order valence-corrected chi connectivity index (χ0v) is 15.5. The van der Waals surface area contributed by atoms with Gasteiger partial charge >= 0.3 is 6.09 Å². The molecule has 2 aliphatic rings. The number of nitrogens with zero attached hydrogens (tertiary/aromatic N) is 2. The molecule has 2 aromatic rings. The summed E-state index contributed by atoms with van der Waals surface area (Å²) in [6.45, 7) is 0.889. The van der Waals surface area contributed by atoms with Crippen molar-refractivity contribution in [3.05, 3.63) is 71.3 Å². The summed E-state index contributed by atoms with van der Waals surface area (Å²) in [7, 11) is 0. The van der Waals surface area contributed by atoms with Gasteiger partial charge in [-0.05, 0) is 11.6 Å². The molecule has 2 fully saturated rings. The van der Waals surface area contributed by atoms with Gasteiger partial charge in [-0.25, -0.2) is 4.79 Å². The molecule has 2 atom stereocenters. The van der Waals surface area contributed by atoms with Crippen LogP contribution in [0.3, 0.4) is 0 Å². The van der Waals surface area contributed by atoms with Crippen molar-refractivity contribution in [1.29, 1.82) is 5.26 Å². The summed E-state index contributed by atoms with van der Waals surface area (Å²) in [5.74, 6) is 0. The van der Waals surface area contributed by atoms with Gasteiger partial charge in [0, 0.05) is 18.4 Å². The Morgan fingerprint density at radius 3 is 2.46 bits per heavy atom. The fraction of sp³-hybridized carbons (Fsp3) is 0.364. The number of nitriles is 1. The summed E-state index contributed by atoms with van der Waals surface area (Å²) in [6.07, 6.45) is 0.225. The molecule has 2 bridgehead atoms. The minimum atomic E-state index is -1.17. The Balaban J connectivity index is 1.52. The van der Waals surface area contributed by atoms with E-state index in [1.54, 1.807) is 23.1 Å². The van der Waals surface area contributed by atoms with E-state index in [0.29, 0.717) is 37.2 Å². The third kappa shape index (κ3) is 3.47. The predicted octanol–water partition coefficient (Wildman–Crippen LogP) is 2.95. The number of amides is 1. The van der Waals surface area contributed by atoms with Crippen molar-refractivity contribution in [3.63, 3.8) is 0 Å². The highest BCUT2D eigenvalue weighted by Crippen LogP contribution is 2.42. The molecule has 144 valence electrons. The maximum Gasteiger partial charge on any atom is 0.410 e. The van der Waals surface area contributed by atoms with Gasteiger partial charge in [0.1, 0.15) is 6.61 Å². The van der Waals surface area contributed by atoms with Crippen LogP contribution in [-0.2, 0) is 21.7 Å². The predicted molar refractivity (Wildman–Crippen MR) is 101 cm³/mol. The van der Waals surface area contributed by atoms with Crippen LogP contribution >= 0.6 is 0 Å². The van der Waals surface area contributed by atoms with Gasteiger partial charge in [0.05, 0.1) is 42.5 Å². The molecule has 0 aliphatic carbocycles. The Bertz CT molecular complexity index is 879. The molecule has 0 spiro atoms. The summed E-state index contributed by atoms with van der Waals surface area (Å²) in [5, 5.41) is 20.8. The molecule has 2 heterocycles. The normalized spacial score (nSPS) is 26.4. The second-order valence-corrected chi connectivity index (χ2v) is 7.39. The number of morpholine rings is 1. The number of rotatable bonds is 3. The number of carbonyl (C=O) groups excluding carboxylic acids is 1. The molecule has 6 heteroatoms. The lowest BCUT2D eigenvalue weighted by Gasteiger charge is -2.51. The van der Waals surface area contributed by atoms with Crippen LogP contribution in [0.5, 0.6) is 0 Å². The lowest BCUT2D eigenvalue weighted by Crippen LogP contribution is -2.62. The molecule has 4 rings (SSSR count). The molecule has 0 aromatic heterocycles. The monoisotopic (exact) mass is 378 g/mol. The largest absolute Gasteiger partial charge is 0.445 e. The molecular formula is C22H22N2O4. The highest BCUT2D eigenvalue weighted by molar-refractivity contribution is 5.69. The third-order valence-electron chi connectivity index (χ3n) is 5.52. The highest BCUT2D eigenvalue weighted by atomic mass is 16.6. The van der Waals surface area contributed by atoms with E-state index in [0.717, 1.165) is 5.56 Å². The number of piperidine rings is 1. The van der Waals surface area contributed by atoms with E-state index >= 15 is 0 Å². The number of benzene rings is 2. The van der Waals surface area contributed by atoms with Crippen LogP contribution in [0, 0.1) is 11.3 Å². The van der Waals surface area contributed by atoms with Crippen molar-refractivity contribution in [2.24, 2.45) is 0 Å². The van der Waals surface area contributed by atoms with Gasteiger partial charge < -0.3 is 14.6 Å². The maximum atomic E-state index is 12.8. The first-order valence-electron chi connectivity index (χ1n) is 9.39. The third-order valence-corrected chi connectivity index (χ3v) is 5.52. The van der Waals surface area contributed by atoms with Gasteiger partial charge in [-0.15, -0.1) is 0 Å². The Morgan fingerprint density at radius 2 is 1.79 bits per heavy atom. The number of aliphatic hydroxyl groups is 1. The Hall–Kier alpha value is -2.88. The molecule has 1 amide bonds. The van der Waals surface area contributed by atoms with Crippen LogP contribution < -0.4 is 0 Å². The standard InChI is InChI=1S/C22H22N2O4/c23-12-17-8-4-5-9-20(17)22(26)10-18-14-27-15-19(11-22)24(18)21(25)28-13-16-6-2-1-3-7-16/h1-9,18-19,26H,10-11,13-15H2. The second kappa shape index (κ2) is 7.63. The fourth-order valence-corrected chi connectivity index (χ4v) is 4.27. The van der Waals surface area contributed by atoms with Gasteiger partial charge in [-0.2, -0.15) is 5.26 Å². The number of hydrogen-bond donors (Lipinski definition) is 1. The minimum Gasteiger partial charge on any atom is -0.445 e. The first-order chi connectivity index (χ1) is 13.6. The molecule has 2 saturated heterocycles. The van der Waals surface area contributed by atoms with Crippen molar-refractivity contribution in [1.82, 2.24) is 4.90 Å². The lowest BCUT2D eigenvalue weighted by atomic mass is 9.75. The van der Waals surface area contributed by atoms with E-state index < -0.39 is 11.7 Å². The van der Waals surface area contributed by atoms with Gasteiger partial charge in [-0.1, -0.05) is 48.5 Å². The topological polar surface area (TPSA) is 82.8 Å².